The zero-order valence-electron chi connectivity index (χ0n) is 10.9. The summed E-state index contributed by atoms with van der Waals surface area (Å²) in [5.74, 6) is -0.0495. The minimum Gasteiger partial charge on any atom is -0.481 e. The van der Waals surface area contributed by atoms with E-state index >= 15 is 0 Å². The van der Waals surface area contributed by atoms with Crippen LogP contribution in [0.15, 0.2) is 0 Å². The number of carbonyl (C=O) groups excluding carboxylic acids is 2. The highest BCUT2D eigenvalue weighted by atomic mass is 32.2. The molecular weight excluding hydrogens is 268 g/mol. The van der Waals surface area contributed by atoms with Crippen molar-refractivity contribution in [2.45, 2.75) is 19.8 Å². The molecule has 0 saturated carbocycles. The lowest BCUT2D eigenvalue weighted by Gasteiger charge is -2.38. The first kappa shape index (κ1) is 14.2. The van der Waals surface area contributed by atoms with Gasteiger partial charge >= 0.3 is 5.97 Å². The Balaban J connectivity index is 1.95. The zero-order valence-corrected chi connectivity index (χ0v) is 11.7. The van der Waals surface area contributed by atoms with Gasteiger partial charge in [-0.1, -0.05) is 0 Å². The van der Waals surface area contributed by atoms with Crippen molar-refractivity contribution in [1.29, 1.82) is 0 Å². The molecule has 7 heteroatoms. The first-order valence-electron chi connectivity index (χ1n) is 6.29. The molecule has 6 nitrogen and oxygen atoms in total. The Bertz CT molecular complexity index is 415. The predicted octanol–water partition coefficient (Wildman–Crippen LogP) is 0.233. The van der Waals surface area contributed by atoms with Gasteiger partial charge in [0.25, 0.3) is 0 Å². The maximum Gasteiger partial charge on any atom is 0.311 e. The molecule has 2 heterocycles. The van der Waals surface area contributed by atoms with Gasteiger partial charge in [0.2, 0.25) is 11.8 Å². The highest BCUT2D eigenvalue weighted by Crippen LogP contribution is 2.29. The fourth-order valence-corrected chi connectivity index (χ4v) is 3.33. The maximum absolute atomic E-state index is 12.1. The van der Waals surface area contributed by atoms with Crippen molar-refractivity contribution in [3.8, 4) is 0 Å². The molecule has 0 aromatic heterocycles. The molecule has 2 aliphatic rings. The highest BCUT2D eigenvalue weighted by Gasteiger charge is 2.39. The number of carboxylic acid groups (broad SMARTS) is 1. The minimum absolute atomic E-state index is 0.0173. The molecule has 0 aromatic carbocycles. The van der Waals surface area contributed by atoms with Crippen LogP contribution in [0.25, 0.3) is 0 Å². The number of hydrogen-bond donors (Lipinski definition) is 1. The van der Waals surface area contributed by atoms with Crippen molar-refractivity contribution in [2.75, 3.05) is 31.3 Å². The molecule has 0 aliphatic carbocycles. The number of rotatable bonds is 3. The third-order valence-corrected chi connectivity index (χ3v) is 4.66. The van der Waals surface area contributed by atoms with Gasteiger partial charge < -0.3 is 14.9 Å². The molecular formula is C12H18N2O4S. The van der Waals surface area contributed by atoms with Crippen molar-refractivity contribution < 1.29 is 19.5 Å². The molecule has 2 rings (SSSR count). The van der Waals surface area contributed by atoms with Crippen molar-refractivity contribution in [3.05, 3.63) is 0 Å². The van der Waals surface area contributed by atoms with E-state index < -0.39 is 11.4 Å². The number of piperidine rings is 1. The monoisotopic (exact) mass is 286 g/mol. The van der Waals surface area contributed by atoms with E-state index in [0.29, 0.717) is 31.0 Å². The van der Waals surface area contributed by atoms with E-state index in [1.54, 1.807) is 11.8 Å². The SMILES string of the molecule is CC1(C(=O)O)CCCN(C(=O)CN2CSCC2=O)C1. The van der Waals surface area contributed by atoms with Crippen LogP contribution in [-0.2, 0) is 14.4 Å². The van der Waals surface area contributed by atoms with E-state index in [1.165, 1.54) is 16.7 Å². The molecule has 1 unspecified atom stereocenters. The third kappa shape index (κ3) is 3.02. The quantitative estimate of drug-likeness (QED) is 0.803. The van der Waals surface area contributed by atoms with E-state index in [0.717, 1.165) is 0 Å². The molecule has 0 aromatic rings. The van der Waals surface area contributed by atoms with Crippen LogP contribution in [0.5, 0.6) is 0 Å². The Hall–Kier alpha value is -1.24. The first-order valence-corrected chi connectivity index (χ1v) is 7.44. The van der Waals surface area contributed by atoms with Crippen LogP contribution in [0.1, 0.15) is 19.8 Å². The van der Waals surface area contributed by atoms with Crippen molar-refractivity contribution in [1.82, 2.24) is 9.80 Å². The minimum atomic E-state index is -0.863. The Morgan fingerprint density at radius 2 is 2.21 bits per heavy atom. The summed E-state index contributed by atoms with van der Waals surface area (Å²) in [5, 5.41) is 9.22. The van der Waals surface area contributed by atoms with Gasteiger partial charge in [-0.25, -0.2) is 0 Å². The average molecular weight is 286 g/mol. The number of thioether (sulfide) groups is 1. The van der Waals surface area contributed by atoms with Gasteiger partial charge in [-0.3, -0.25) is 14.4 Å². The van der Waals surface area contributed by atoms with Crippen LogP contribution < -0.4 is 0 Å². The molecule has 19 heavy (non-hydrogen) atoms. The molecule has 1 N–H and O–H groups in total. The predicted molar refractivity (Wildman–Crippen MR) is 70.6 cm³/mol. The van der Waals surface area contributed by atoms with Crippen LogP contribution in [0.3, 0.4) is 0 Å². The summed E-state index contributed by atoms with van der Waals surface area (Å²) in [4.78, 5) is 37.9. The first-order chi connectivity index (χ1) is 8.92. The molecule has 0 bridgehead atoms. The second-order valence-corrected chi connectivity index (χ2v) is 6.31. The standard InChI is InChI=1S/C12H18N2O4S/c1-12(11(17)18)3-2-4-13(7-12)9(15)5-14-8-19-6-10(14)16/h2-8H2,1H3,(H,17,18). The lowest BCUT2D eigenvalue weighted by Crippen LogP contribution is -2.51. The fourth-order valence-electron chi connectivity index (χ4n) is 2.43. The number of carbonyl (C=O) groups is 3. The zero-order chi connectivity index (χ0) is 14.0. The van der Waals surface area contributed by atoms with E-state index in [-0.39, 0.29) is 24.9 Å². The fraction of sp³-hybridized carbons (Fsp3) is 0.750. The van der Waals surface area contributed by atoms with Gasteiger partial charge in [-0.05, 0) is 19.8 Å². The molecule has 2 saturated heterocycles. The summed E-state index contributed by atoms with van der Waals surface area (Å²) in [7, 11) is 0. The molecule has 2 aliphatic heterocycles. The summed E-state index contributed by atoms with van der Waals surface area (Å²) in [6, 6.07) is 0. The van der Waals surface area contributed by atoms with Gasteiger partial charge in [-0.15, -0.1) is 11.8 Å². The largest absolute Gasteiger partial charge is 0.481 e. The topological polar surface area (TPSA) is 77.9 Å². The molecule has 106 valence electrons. The summed E-state index contributed by atoms with van der Waals surface area (Å²) in [6.45, 7) is 2.56. The van der Waals surface area contributed by atoms with Gasteiger partial charge in [0.1, 0.15) is 6.54 Å². The van der Waals surface area contributed by atoms with E-state index in [1.807, 2.05) is 0 Å². The van der Waals surface area contributed by atoms with Gasteiger partial charge in [0.15, 0.2) is 0 Å². The second-order valence-electron chi connectivity index (χ2n) is 5.35. The van der Waals surface area contributed by atoms with Gasteiger partial charge in [-0.2, -0.15) is 0 Å². The van der Waals surface area contributed by atoms with Crippen LogP contribution in [0, 0.1) is 5.41 Å². The second kappa shape index (κ2) is 5.40. The van der Waals surface area contributed by atoms with Crippen LogP contribution >= 0.6 is 11.8 Å². The Kier molecular flexibility index (Phi) is 4.03. The Morgan fingerprint density at radius 1 is 1.47 bits per heavy atom. The maximum atomic E-state index is 12.1. The van der Waals surface area contributed by atoms with Crippen LogP contribution in [-0.4, -0.2) is 64.0 Å². The number of amides is 2. The number of carboxylic acids is 1. The molecule has 1 atom stereocenters. The summed E-state index contributed by atoms with van der Waals surface area (Å²) in [6.07, 6.45) is 1.28. The highest BCUT2D eigenvalue weighted by molar-refractivity contribution is 8.00. The van der Waals surface area contributed by atoms with Crippen LogP contribution in [0.2, 0.25) is 0 Å². The lowest BCUT2D eigenvalue weighted by molar-refractivity contribution is -0.154. The Labute approximate surface area is 116 Å². The summed E-state index contributed by atoms with van der Waals surface area (Å²) in [5.41, 5.74) is -0.863. The van der Waals surface area contributed by atoms with E-state index in [2.05, 4.69) is 0 Å². The summed E-state index contributed by atoms with van der Waals surface area (Å²) >= 11 is 1.50. The molecule has 2 amide bonds. The third-order valence-electron chi connectivity index (χ3n) is 3.72. The van der Waals surface area contributed by atoms with Crippen LogP contribution in [0.4, 0.5) is 0 Å². The normalized spacial score (nSPS) is 27.7. The average Bonchev–Trinajstić information content (AvgIpc) is 2.75. The van der Waals surface area contributed by atoms with Gasteiger partial charge in [0, 0.05) is 13.1 Å². The Morgan fingerprint density at radius 3 is 2.79 bits per heavy atom. The number of aliphatic carboxylic acids is 1. The van der Waals surface area contributed by atoms with Crippen molar-refractivity contribution in [2.24, 2.45) is 5.41 Å². The number of nitrogens with zero attached hydrogens (tertiary/aromatic N) is 2. The molecule has 2 fully saturated rings. The van der Waals surface area contributed by atoms with Crippen molar-refractivity contribution >= 4 is 29.5 Å². The van der Waals surface area contributed by atoms with Crippen molar-refractivity contribution in [3.63, 3.8) is 0 Å². The molecule has 0 radical (unpaired) electrons. The molecule has 0 spiro atoms. The van der Waals surface area contributed by atoms with E-state index in [9.17, 15) is 19.5 Å². The summed E-state index contributed by atoms with van der Waals surface area (Å²) < 4.78 is 0. The number of hydrogen-bond acceptors (Lipinski definition) is 4. The van der Waals surface area contributed by atoms with E-state index in [4.69, 9.17) is 0 Å². The number of likely N-dealkylation sites (tertiary alicyclic amines) is 1. The van der Waals surface area contributed by atoms with Gasteiger partial charge in [0.05, 0.1) is 17.0 Å². The smallest absolute Gasteiger partial charge is 0.311 e. The lowest BCUT2D eigenvalue weighted by atomic mass is 9.82.